The molecule has 2 aromatic rings. The van der Waals surface area contributed by atoms with Crippen LogP contribution in [0.3, 0.4) is 0 Å². The fraction of sp³-hybridized carbons (Fsp3) is 0.316. The van der Waals surface area contributed by atoms with Crippen LogP contribution in [0.25, 0.3) is 0 Å². The van der Waals surface area contributed by atoms with Gasteiger partial charge in [-0.25, -0.2) is 0 Å². The third-order valence-corrected chi connectivity index (χ3v) is 4.24. The van der Waals surface area contributed by atoms with Gasteiger partial charge in [0.25, 0.3) is 0 Å². The van der Waals surface area contributed by atoms with E-state index in [0.717, 1.165) is 11.3 Å². The van der Waals surface area contributed by atoms with Crippen molar-refractivity contribution >= 4 is 5.91 Å². The molecule has 0 fully saturated rings. The normalized spacial score (nSPS) is 14.7. The van der Waals surface area contributed by atoms with Gasteiger partial charge in [-0.1, -0.05) is 49.4 Å². The molecule has 122 valence electrons. The monoisotopic (exact) mass is 312 g/mol. The fourth-order valence-electron chi connectivity index (χ4n) is 2.59. The summed E-state index contributed by atoms with van der Waals surface area (Å²) >= 11 is 0. The van der Waals surface area contributed by atoms with Gasteiger partial charge in [-0.05, 0) is 36.1 Å². The Labute approximate surface area is 137 Å². The molecule has 0 spiro atoms. The quantitative estimate of drug-likeness (QED) is 0.826. The maximum Gasteiger partial charge on any atom is 0.239 e. The number of hydrogen-bond donors (Lipinski definition) is 2. The van der Waals surface area contributed by atoms with Crippen LogP contribution in [0.15, 0.2) is 54.6 Å². The Morgan fingerprint density at radius 2 is 1.61 bits per heavy atom. The SMILES string of the molecule is COc1ccc(C(C)C(C)NC(C(N)=O)c2ccccc2)cc1. The van der Waals surface area contributed by atoms with Gasteiger partial charge >= 0.3 is 0 Å². The molecule has 0 bridgehead atoms. The first kappa shape index (κ1) is 17.0. The van der Waals surface area contributed by atoms with Gasteiger partial charge in [0.15, 0.2) is 0 Å². The standard InChI is InChI=1S/C19H24N2O2/c1-13(15-9-11-17(23-3)12-10-15)14(2)21-18(19(20)22)16-7-5-4-6-8-16/h4-14,18,21H,1-3H3,(H2,20,22). The molecule has 0 saturated heterocycles. The number of amides is 1. The van der Waals surface area contributed by atoms with Crippen molar-refractivity contribution in [2.24, 2.45) is 5.73 Å². The minimum absolute atomic E-state index is 0.0844. The van der Waals surface area contributed by atoms with Gasteiger partial charge in [-0.15, -0.1) is 0 Å². The van der Waals surface area contributed by atoms with Gasteiger partial charge in [0, 0.05) is 6.04 Å². The number of benzene rings is 2. The van der Waals surface area contributed by atoms with Crippen LogP contribution in [0.1, 0.15) is 36.9 Å². The minimum Gasteiger partial charge on any atom is -0.497 e. The van der Waals surface area contributed by atoms with E-state index < -0.39 is 6.04 Å². The van der Waals surface area contributed by atoms with Crippen molar-refractivity contribution in [3.63, 3.8) is 0 Å². The van der Waals surface area contributed by atoms with E-state index in [1.54, 1.807) is 7.11 Å². The zero-order chi connectivity index (χ0) is 16.8. The third kappa shape index (κ3) is 4.33. The number of ether oxygens (including phenoxy) is 1. The Morgan fingerprint density at radius 3 is 2.13 bits per heavy atom. The van der Waals surface area contributed by atoms with Crippen molar-refractivity contribution in [3.8, 4) is 5.75 Å². The van der Waals surface area contributed by atoms with Crippen LogP contribution in [0, 0.1) is 0 Å². The summed E-state index contributed by atoms with van der Waals surface area (Å²) in [5, 5.41) is 3.35. The smallest absolute Gasteiger partial charge is 0.239 e. The Balaban J connectivity index is 2.11. The predicted molar refractivity (Wildman–Crippen MR) is 92.4 cm³/mol. The van der Waals surface area contributed by atoms with Crippen molar-refractivity contribution in [1.82, 2.24) is 5.32 Å². The summed E-state index contributed by atoms with van der Waals surface area (Å²) in [4.78, 5) is 11.8. The molecule has 2 rings (SSSR count). The number of nitrogens with one attached hydrogen (secondary N) is 1. The zero-order valence-electron chi connectivity index (χ0n) is 13.8. The number of methoxy groups -OCH3 is 1. The molecule has 0 aromatic heterocycles. The summed E-state index contributed by atoms with van der Waals surface area (Å²) in [6, 6.07) is 17.1. The lowest BCUT2D eigenvalue weighted by atomic mass is 9.93. The molecule has 0 heterocycles. The van der Waals surface area contributed by atoms with E-state index in [4.69, 9.17) is 10.5 Å². The van der Waals surface area contributed by atoms with Crippen LogP contribution in [0.2, 0.25) is 0 Å². The topological polar surface area (TPSA) is 64.3 Å². The average Bonchev–Trinajstić information content (AvgIpc) is 2.59. The number of rotatable bonds is 7. The van der Waals surface area contributed by atoms with Gasteiger partial charge in [0.05, 0.1) is 7.11 Å². The summed E-state index contributed by atoms with van der Waals surface area (Å²) in [6.45, 7) is 4.19. The van der Waals surface area contributed by atoms with Crippen molar-refractivity contribution in [1.29, 1.82) is 0 Å². The van der Waals surface area contributed by atoms with Crippen LogP contribution in [-0.2, 0) is 4.79 Å². The number of primary amides is 1. The van der Waals surface area contributed by atoms with E-state index >= 15 is 0 Å². The Morgan fingerprint density at radius 1 is 1.00 bits per heavy atom. The minimum atomic E-state index is -0.494. The van der Waals surface area contributed by atoms with Crippen LogP contribution in [0.5, 0.6) is 5.75 Å². The molecule has 3 N–H and O–H groups in total. The maximum absolute atomic E-state index is 11.8. The molecule has 0 aliphatic heterocycles. The molecule has 3 unspecified atom stereocenters. The fourth-order valence-corrected chi connectivity index (χ4v) is 2.59. The van der Waals surface area contributed by atoms with Gasteiger partial charge in [0.2, 0.25) is 5.91 Å². The first-order chi connectivity index (χ1) is 11.0. The zero-order valence-corrected chi connectivity index (χ0v) is 13.8. The first-order valence-electron chi connectivity index (χ1n) is 7.77. The molecule has 0 saturated carbocycles. The highest BCUT2D eigenvalue weighted by atomic mass is 16.5. The summed E-state index contributed by atoms with van der Waals surface area (Å²) in [6.07, 6.45) is 0. The number of hydrogen-bond acceptors (Lipinski definition) is 3. The number of nitrogens with two attached hydrogens (primary N) is 1. The lowest BCUT2D eigenvalue weighted by Crippen LogP contribution is -2.40. The number of carbonyl (C=O) groups is 1. The molecule has 0 aliphatic carbocycles. The van der Waals surface area contributed by atoms with E-state index in [-0.39, 0.29) is 17.9 Å². The van der Waals surface area contributed by atoms with Gasteiger partial charge in [-0.2, -0.15) is 0 Å². The van der Waals surface area contributed by atoms with Gasteiger partial charge in [0.1, 0.15) is 11.8 Å². The van der Waals surface area contributed by atoms with Crippen LogP contribution in [-0.4, -0.2) is 19.1 Å². The van der Waals surface area contributed by atoms with Crippen molar-refractivity contribution in [2.45, 2.75) is 31.8 Å². The molecule has 3 atom stereocenters. The highest BCUT2D eigenvalue weighted by Crippen LogP contribution is 2.24. The second-order valence-electron chi connectivity index (χ2n) is 5.76. The maximum atomic E-state index is 11.8. The van der Waals surface area contributed by atoms with Crippen LogP contribution < -0.4 is 15.8 Å². The molecule has 0 radical (unpaired) electrons. The molecule has 4 heteroatoms. The molecule has 1 amide bonds. The van der Waals surface area contributed by atoms with E-state index in [0.29, 0.717) is 0 Å². The average molecular weight is 312 g/mol. The highest BCUT2D eigenvalue weighted by Gasteiger charge is 2.23. The Kier molecular flexibility index (Phi) is 5.77. The highest BCUT2D eigenvalue weighted by molar-refractivity contribution is 5.81. The number of carbonyl (C=O) groups excluding carboxylic acids is 1. The summed E-state index contributed by atoms with van der Waals surface area (Å²) in [7, 11) is 1.65. The molecule has 0 aliphatic rings. The van der Waals surface area contributed by atoms with E-state index in [1.807, 2.05) is 54.6 Å². The van der Waals surface area contributed by atoms with E-state index in [1.165, 1.54) is 5.56 Å². The van der Waals surface area contributed by atoms with E-state index in [2.05, 4.69) is 19.2 Å². The van der Waals surface area contributed by atoms with Crippen LogP contribution >= 0.6 is 0 Å². The molecular weight excluding hydrogens is 288 g/mol. The predicted octanol–water partition coefficient (Wildman–Crippen LogP) is 3.00. The lowest BCUT2D eigenvalue weighted by Gasteiger charge is -2.26. The Bertz CT molecular complexity index is 626. The molecule has 4 nitrogen and oxygen atoms in total. The van der Waals surface area contributed by atoms with Gasteiger partial charge < -0.3 is 10.5 Å². The van der Waals surface area contributed by atoms with E-state index in [9.17, 15) is 4.79 Å². The van der Waals surface area contributed by atoms with Crippen LogP contribution in [0.4, 0.5) is 0 Å². The van der Waals surface area contributed by atoms with Crippen molar-refractivity contribution in [3.05, 3.63) is 65.7 Å². The first-order valence-corrected chi connectivity index (χ1v) is 7.77. The second-order valence-corrected chi connectivity index (χ2v) is 5.76. The van der Waals surface area contributed by atoms with Crippen molar-refractivity contribution in [2.75, 3.05) is 7.11 Å². The van der Waals surface area contributed by atoms with Gasteiger partial charge in [-0.3, -0.25) is 10.1 Å². The third-order valence-electron chi connectivity index (χ3n) is 4.24. The molecule has 23 heavy (non-hydrogen) atoms. The molecule has 2 aromatic carbocycles. The van der Waals surface area contributed by atoms with Crippen molar-refractivity contribution < 1.29 is 9.53 Å². The summed E-state index contributed by atoms with van der Waals surface area (Å²) in [5.74, 6) is 0.692. The summed E-state index contributed by atoms with van der Waals surface area (Å²) < 4.78 is 5.19. The lowest BCUT2D eigenvalue weighted by molar-refractivity contribution is -0.120. The molecular formula is C19H24N2O2. The Hall–Kier alpha value is -2.33. The second kappa shape index (κ2) is 7.79. The largest absolute Gasteiger partial charge is 0.497 e. The summed E-state index contributed by atoms with van der Waals surface area (Å²) in [5.41, 5.74) is 7.64.